The summed E-state index contributed by atoms with van der Waals surface area (Å²) in [6.07, 6.45) is 2.90. The molecule has 1 N–H and O–H groups in total. The second-order valence-electron chi connectivity index (χ2n) is 9.15. The van der Waals surface area contributed by atoms with Crippen LogP contribution in [0.25, 0.3) is 0 Å². The minimum Gasteiger partial charge on any atom is -0.496 e. The molecule has 2 aliphatic heterocycles. The third-order valence-electron chi connectivity index (χ3n) is 6.92. The zero-order valence-corrected chi connectivity index (χ0v) is 22.2. The van der Waals surface area contributed by atoms with Crippen LogP contribution in [-0.4, -0.2) is 38.2 Å². The van der Waals surface area contributed by atoms with Gasteiger partial charge in [-0.05, 0) is 55.8 Å². The Kier molecular flexibility index (Phi) is 7.14. The van der Waals surface area contributed by atoms with Gasteiger partial charge in [0.1, 0.15) is 12.4 Å². The van der Waals surface area contributed by atoms with Crippen molar-refractivity contribution in [3.63, 3.8) is 0 Å². The first kappa shape index (κ1) is 24.3. The maximum absolute atomic E-state index is 13.7. The van der Waals surface area contributed by atoms with Crippen molar-refractivity contribution >= 4 is 39.0 Å². The maximum atomic E-state index is 13.7. The number of carbonyl (C=O) groups excluding carboxylic acids is 2. The smallest absolute Gasteiger partial charge is 0.336 e. The number of methoxy groups -OCH3 is 1. The number of thiophene rings is 1. The van der Waals surface area contributed by atoms with Crippen LogP contribution in [-0.2, 0) is 19.1 Å². The highest BCUT2D eigenvalue weighted by Crippen LogP contribution is 2.48. The lowest BCUT2D eigenvalue weighted by Gasteiger charge is -2.37. The van der Waals surface area contributed by atoms with Gasteiger partial charge in [0.25, 0.3) is 0 Å². The molecule has 0 bridgehead atoms. The molecule has 1 saturated heterocycles. The standard InChI is InChI=1S/C27H28BrNO5S/c1-15-24(27(31)34-14-18-5-3-9-33-18)25(19-13-17(28)7-8-22(19)32-2)26-20(29-15)11-16(12-21(26)30)23-6-4-10-35-23/h4,6-8,10,13,16,18,25,29H,3,5,9,11-12,14H2,1-2H3/t16-,18+,25+/m0/s1. The molecule has 3 atom stereocenters. The van der Waals surface area contributed by atoms with Crippen molar-refractivity contribution < 1.29 is 23.8 Å². The molecule has 3 aliphatic rings. The highest BCUT2D eigenvalue weighted by atomic mass is 79.9. The second-order valence-corrected chi connectivity index (χ2v) is 11.0. The van der Waals surface area contributed by atoms with E-state index in [1.54, 1.807) is 18.4 Å². The molecule has 35 heavy (non-hydrogen) atoms. The number of ketones is 1. The van der Waals surface area contributed by atoms with Crippen LogP contribution in [0.2, 0.25) is 0 Å². The molecule has 1 aliphatic carbocycles. The number of ether oxygens (including phenoxy) is 3. The van der Waals surface area contributed by atoms with Gasteiger partial charge >= 0.3 is 5.97 Å². The molecule has 3 heterocycles. The topological polar surface area (TPSA) is 73.9 Å². The molecule has 184 valence electrons. The maximum Gasteiger partial charge on any atom is 0.336 e. The van der Waals surface area contributed by atoms with Crippen molar-refractivity contribution in [2.45, 2.75) is 50.5 Å². The molecule has 0 saturated carbocycles. The lowest BCUT2D eigenvalue weighted by molar-refractivity contribution is -0.142. The minimum absolute atomic E-state index is 0.0427. The lowest BCUT2D eigenvalue weighted by Crippen LogP contribution is -2.36. The normalized spacial score (nSPS) is 24.3. The van der Waals surface area contributed by atoms with Crippen LogP contribution in [0.4, 0.5) is 0 Å². The average molecular weight is 558 g/mol. The molecule has 1 aromatic heterocycles. The summed E-state index contributed by atoms with van der Waals surface area (Å²) in [5, 5.41) is 5.45. The first-order valence-corrected chi connectivity index (χ1v) is 13.5. The summed E-state index contributed by atoms with van der Waals surface area (Å²) in [6.45, 7) is 2.78. The average Bonchev–Trinajstić information content (AvgIpc) is 3.56. The van der Waals surface area contributed by atoms with Gasteiger partial charge in [-0.1, -0.05) is 22.0 Å². The van der Waals surface area contributed by atoms with Gasteiger partial charge in [-0.2, -0.15) is 0 Å². The monoisotopic (exact) mass is 557 g/mol. The number of allylic oxidation sites excluding steroid dienone is 3. The highest BCUT2D eigenvalue weighted by molar-refractivity contribution is 9.10. The van der Waals surface area contributed by atoms with Gasteiger partial charge in [0.2, 0.25) is 0 Å². The van der Waals surface area contributed by atoms with E-state index in [1.807, 2.05) is 36.6 Å². The molecular weight excluding hydrogens is 530 g/mol. The van der Waals surface area contributed by atoms with Crippen molar-refractivity contribution in [3.05, 3.63) is 73.2 Å². The van der Waals surface area contributed by atoms with Gasteiger partial charge in [0, 0.05) is 50.8 Å². The van der Waals surface area contributed by atoms with E-state index in [1.165, 1.54) is 4.88 Å². The van der Waals surface area contributed by atoms with Crippen LogP contribution in [0.15, 0.2) is 62.7 Å². The first-order chi connectivity index (χ1) is 17.0. The third kappa shape index (κ3) is 4.84. The number of rotatable bonds is 6. The van der Waals surface area contributed by atoms with E-state index >= 15 is 0 Å². The van der Waals surface area contributed by atoms with Crippen LogP contribution in [0.3, 0.4) is 0 Å². The van der Waals surface area contributed by atoms with Crippen LogP contribution >= 0.6 is 27.3 Å². The molecule has 0 spiro atoms. The molecule has 0 amide bonds. The summed E-state index contributed by atoms with van der Waals surface area (Å²) in [5.41, 5.74) is 3.42. The molecule has 6 nitrogen and oxygen atoms in total. The SMILES string of the molecule is COc1ccc(Br)cc1[C@@H]1C(C(=O)OC[C@H]2CCCO2)=C(C)NC2=C1C(=O)C[C@@H](c1cccs1)C2. The summed E-state index contributed by atoms with van der Waals surface area (Å²) in [7, 11) is 1.60. The lowest BCUT2D eigenvalue weighted by atomic mass is 9.72. The number of dihydropyridines is 1. The van der Waals surface area contributed by atoms with E-state index < -0.39 is 11.9 Å². The van der Waals surface area contributed by atoms with Gasteiger partial charge in [-0.3, -0.25) is 4.79 Å². The Labute approximate surface area is 217 Å². The third-order valence-corrected chi connectivity index (χ3v) is 8.45. The van der Waals surface area contributed by atoms with E-state index in [-0.39, 0.29) is 24.4 Å². The quantitative estimate of drug-likeness (QED) is 0.466. The summed E-state index contributed by atoms with van der Waals surface area (Å²) in [4.78, 5) is 28.4. The number of hydrogen-bond donors (Lipinski definition) is 1. The Hall–Kier alpha value is -2.42. The highest BCUT2D eigenvalue weighted by Gasteiger charge is 2.42. The fraction of sp³-hybridized carbons (Fsp3) is 0.407. The molecule has 0 unspecified atom stereocenters. The minimum atomic E-state index is -0.576. The fourth-order valence-electron chi connectivity index (χ4n) is 5.30. The molecule has 2 aromatic rings. The van der Waals surface area contributed by atoms with E-state index in [4.69, 9.17) is 14.2 Å². The number of hydrogen-bond acceptors (Lipinski definition) is 7. The van der Waals surface area contributed by atoms with E-state index in [9.17, 15) is 9.59 Å². The van der Waals surface area contributed by atoms with Crippen LogP contribution in [0.1, 0.15) is 54.9 Å². The van der Waals surface area contributed by atoms with Crippen LogP contribution in [0, 0.1) is 0 Å². The Bertz CT molecular complexity index is 1200. The summed E-state index contributed by atoms with van der Waals surface area (Å²) in [6, 6.07) is 9.78. The molecule has 0 radical (unpaired) electrons. The van der Waals surface area contributed by atoms with E-state index in [0.717, 1.165) is 28.6 Å². The van der Waals surface area contributed by atoms with Gasteiger partial charge in [-0.25, -0.2) is 4.79 Å². The predicted octanol–water partition coefficient (Wildman–Crippen LogP) is 5.60. The molecule has 5 rings (SSSR count). The number of carbonyl (C=O) groups is 2. The fourth-order valence-corrected chi connectivity index (χ4v) is 6.51. The number of Topliss-reactive ketones (excluding diaryl/α,β-unsaturated/α-hetero) is 1. The van der Waals surface area contributed by atoms with Crippen molar-refractivity contribution in [2.75, 3.05) is 20.3 Å². The Morgan fingerprint density at radius 3 is 2.86 bits per heavy atom. The zero-order chi connectivity index (χ0) is 24.5. The second kappa shape index (κ2) is 10.3. The summed E-state index contributed by atoms with van der Waals surface area (Å²) >= 11 is 5.23. The Morgan fingerprint density at radius 2 is 2.14 bits per heavy atom. The number of benzene rings is 1. The number of halogens is 1. The first-order valence-electron chi connectivity index (χ1n) is 11.9. The van der Waals surface area contributed by atoms with Gasteiger partial charge in [0.15, 0.2) is 5.78 Å². The summed E-state index contributed by atoms with van der Waals surface area (Å²) < 4.78 is 17.9. The number of nitrogens with one attached hydrogen (secondary N) is 1. The van der Waals surface area contributed by atoms with Crippen molar-refractivity contribution in [1.82, 2.24) is 5.32 Å². The van der Waals surface area contributed by atoms with E-state index in [2.05, 4.69) is 27.3 Å². The molecule has 8 heteroatoms. The van der Waals surface area contributed by atoms with Crippen molar-refractivity contribution in [3.8, 4) is 5.75 Å². The zero-order valence-electron chi connectivity index (χ0n) is 19.8. The van der Waals surface area contributed by atoms with Gasteiger partial charge in [-0.15, -0.1) is 11.3 Å². The molecular formula is C27H28BrNO5S. The summed E-state index contributed by atoms with van der Waals surface area (Å²) in [5.74, 6) is -0.220. The van der Waals surface area contributed by atoms with E-state index in [0.29, 0.717) is 42.0 Å². The van der Waals surface area contributed by atoms with Gasteiger partial charge < -0.3 is 19.5 Å². The van der Waals surface area contributed by atoms with Crippen molar-refractivity contribution in [1.29, 1.82) is 0 Å². The number of esters is 1. The van der Waals surface area contributed by atoms with Crippen LogP contribution < -0.4 is 10.1 Å². The van der Waals surface area contributed by atoms with Crippen molar-refractivity contribution in [2.24, 2.45) is 0 Å². The van der Waals surface area contributed by atoms with Gasteiger partial charge in [0.05, 0.1) is 24.7 Å². The molecule has 1 fully saturated rings. The van der Waals surface area contributed by atoms with Crippen LogP contribution in [0.5, 0.6) is 5.75 Å². The largest absolute Gasteiger partial charge is 0.496 e. The Balaban J connectivity index is 1.56. The Morgan fingerprint density at radius 1 is 1.29 bits per heavy atom. The molecule has 1 aromatic carbocycles. The predicted molar refractivity (Wildman–Crippen MR) is 138 cm³/mol.